The van der Waals surface area contributed by atoms with Crippen LogP contribution in [0.2, 0.25) is 0 Å². The molecule has 0 bridgehead atoms. The van der Waals surface area contributed by atoms with Crippen LogP contribution in [-0.2, 0) is 16.1 Å². The summed E-state index contributed by atoms with van der Waals surface area (Å²) in [6.07, 6.45) is 2.79. The van der Waals surface area contributed by atoms with Gasteiger partial charge in [-0.2, -0.15) is 5.26 Å². The molecule has 1 fully saturated rings. The van der Waals surface area contributed by atoms with Gasteiger partial charge in [0.2, 0.25) is 0 Å². The Balaban J connectivity index is 1.86. The number of aromatic nitrogens is 2. The van der Waals surface area contributed by atoms with E-state index in [-0.39, 0.29) is 29.5 Å². The molecule has 1 saturated carbocycles. The molecule has 1 aromatic heterocycles. The van der Waals surface area contributed by atoms with Gasteiger partial charge in [0.1, 0.15) is 17.4 Å². The van der Waals surface area contributed by atoms with Crippen LogP contribution in [0.3, 0.4) is 0 Å². The lowest BCUT2D eigenvalue weighted by molar-refractivity contribution is -0.139. The Kier molecular flexibility index (Phi) is 6.23. The molecule has 2 N–H and O–H groups in total. The molecule has 1 atom stereocenters. The second kappa shape index (κ2) is 9.27. The molecule has 1 aromatic carbocycles. The van der Waals surface area contributed by atoms with Crippen molar-refractivity contribution < 1.29 is 19.1 Å². The summed E-state index contributed by atoms with van der Waals surface area (Å²) < 4.78 is 12.6. The van der Waals surface area contributed by atoms with Crippen LogP contribution < -0.4 is 26.6 Å². The molecule has 0 saturated heterocycles. The van der Waals surface area contributed by atoms with Crippen LogP contribution in [0.15, 0.2) is 51.3 Å². The number of methoxy groups -OCH3 is 1. The van der Waals surface area contributed by atoms with Crippen LogP contribution in [0, 0.1) is 11.3 Å². The zero-order chi connectivity index (χ0) is 24.4. The number of benzene rings is 1. The number of urea groups is 1. The summed E-state index contributed by atoms with van der Waals surface area (Å²) in [6, 6.07) is 6.97. The molecule has 0 spiro atoms. The molecule has 2 heterocycles. The van der Waals surface area contributed by atoms with E-state index in [0.717, 1.165) is 17.4 Å². The first-order chi connectivity index (χ1) is 16.4. The third-order valence-electron chi connectivity index (χ3n) is 5.67. The second-order valence-electron chi connectivity index (χ2n) is 7.88. The van der Waals surface area contributed by atoms with Crippen molar-refractivity contribution in [1.82, 2.24) is 19.8 Å². The van der Waals surface area contributed by atoms with Gasteiger partial charge in [0, 0.05) is 12.2 Å². The van der Waals surface area contributed by atoms with Gasteiger partial charge in [-0.05, 0) is 37.5 Å². The lowest BCUT2D eigenvalue weighted by Gasteiger charge is -2.29. The number of nitriles is 1. The SMILES string of the molecule is CCOC(=O)C1=C(Cn2c(=O)c(C#N)cn(C3CC3)c2=O)NC(=O)NC1c1ccc(OC)cc1. The summed E-state index contributed by atoms with van der Waals surface area (Å²) in [5.74, 6) is -0.121. The van der Waals surface area contributed by atoms with E-state index in [0.29, 0.717) is 11.3 Å². The largest absolute Gasteiger partial charge is 0.497 e. The third kappa shape index (κ3) is 4.30. The van der Waals surface area contributed by atoms with E-state index < -0.39 is 35.8 Å². The van der Waals surface area contributed by atoms with E-state index in [2.05, 4.69) is 10.6 Å². The average molecular weight is 465 g/mol. The van der Waals surface area contributed by atoms with Gasteiger partial charge >= 0.3 is 17.7 Å². The minimum atomic E-state index is -0.894. The first kappa shape index (κ1) is 22.8. The van der Waals surface area contributed by atoms with E-state index in [1.165, 1.54) is 17.9 Å². The smallest absolute Gasteiger partial charge is 0.338 e. The number of allylic oxidation sites excluding steroid dienone is 1. The maximum absolute atomic E-state index is 13.1. The summed E-state index contributed by atoms with van der Waals surface area (Å²) in [6.45, 7) is 1.32. The lowest BCUT2D eigenvalue weighted by atomic mass is 9.95. The highest BCUT2D eigenvalue weighted by Gasteiger charge is 2.35. The molecular formula is C23H23N5O6. The van der Waals surface area contributed by atoms with Crippen LogP contribution in [0.25, 0.3) is 0 Å². The van der Waals surface area contributed by atoms with Gasteiger partial charge in [0.05, 0.1) is 37.6 Å². The van der Waals surface area contributed by atoms with Crippen LogP contribution in [0.5, 0.6) is 5.75 Å². The topological polar surface area (TPSA) is 144 Å². The van der Waals surface area contributed by atoms with Crippen molar-refractivity contribution in [1.29, 1.82) is 5.26 Å². The molecule has 1 aliphatic heterocycles. The van der Waals surface area contributed by atoms with Crippen molar-refractivity contribution in [3.63, 3.8) is 0 Å². The Labute approximate surface area is 194 Å². The number of ether oxygens (including phenoxy) is 2. The minimum Gasteiger partial charge on any atom is -0.497 e. The van der Waals surface area contributed by atoms with E-state index in [4.69, 9.17) is 9.47 Å². The summed E-state index contributed by atoms with van der Waals surface area (Å²) in [7, 11) is 1.52. The van der Waals surface area contributed by atoms with Crippen molar-refractivity contribution in [2.75, 3.05) is 13.7 Å². The molecule has 4 rings (SSSR count). The van der Waals surface area contributed by atoms with Gasteiger partial charge in [0.25, 0.3) is 5.56 Å². The predicted molar refractivity (Wildman–Crippen MR) is 119 cm³/mol. The van der Waals surface area contributed by atoms with Gasteiger partial charge in [-0.15, -0.1) is 0 Å². The summed E-state index contributed by atoms with van der Waals surface area (Å²) >= 11 is 0. The molecule has 1 aliphatic carbocycles. The number of nitrogens with zero attached hydrogens (tertiary/aromatic N) is 3. The Hall–Kier alpha value is -4.33. The normalized spacial score (nSPS) is 17.4. The Morgan fingerprint density at radius 3 is 2.50 bits per heavy atom. The Bertz CT molecular complexity index is 1330. The third-order valence-corrected chi connectivity index (χ3v) is 5.67. The molecule has 11 heteroatoms. The number of amides is 2. The average Bonchev–Trinajstić information content (AvgIpc) is 3.67. The van der Waals surface area contributed by atoms with Crippen LogP contribution in [-0.4, -0.2) is 34.9 Å². The van der Waals surface area contributed by atoms with Gasteiger partial charge in [-0.25, -0.2) is 14.4 Å². The number of rotatable bonds is 7. The summed E-state index contributed by atoms with van der Waals surface area (Å²) in [5.41, 5.74) is -0.941. The molecule has 2 aliphatic rings. The van der Waals surface area contributed by atoms with Crippen molar-refractivity contribution >= 4 is 12.0 Å². The van der Waals surface area contributed by atoms with Crippen molar-refractivity contribution in [2.24, 2.45) is 0 Å². The van der Waals surface area contributed by atoms with Gasteiger partial charge in [0.15, 0.2) is 0 Å². The predicted octanol–water partition coefficient (Wildman–Crippen LogP) is 1.10. The fraction of sp³-hybridized carbons (Fsp3) is 0.348. The molecule has 2 amide bonds. The maximum Gasteiger partial charge on any atom is 0.338 e. The van der Waals surface area contributed by atoms with E-state index in [1.54, 1.807) is 31.2 Å². The Morgan fingerprint density at radius 1 is 1.21 bits per heavy atom. The standard InChI is InChI=1S/C23H23N5O6/c1-3-34-21(30)18-17(25-22(31)26-19(18)13-4-8-16(33-2)9-5-13)12-28-20(29)14(10-24)11-27(23(28)32)15-6-7-15/h4-5,8-9,11,15,19H,3,6-7,12H2,1-2H3,(H2,25,26,31). The maximum atomic E-state index is 13.1. The summed E-state index contributed by atoms with van der Waals surface area (Å²) in [5, 5.41) is 14.6. The monoisotopic (exact) mass is 465 g/mol. The molecule has 1 unspecified atom stereocenters. The Morgan fingerprint density at radius 2 is 1.91 bits per heavy atom. The number of carbonyl (C=O) groups excluding carboxylic acids is 2. The quantitative estimate of drug-likeness (QED) is 0.583. The van der Waals surface area contributed by atoms with Crippen LogP contribution in [0.4, 0.5) is 4.79 Å². The number of esters is 1. The van der Waals surface area contributed by atoms with Crippen LogP contribution in [0.1, 0.15) is 43.0 Å². The van der Waals surface area contributed by atoms with Gasteiger partial charge in [-0.3, -0.25) is 13.9 Å². The van der Waals surface area contributed by atoms with Crippen molar-refractivity contribution in [3.05, 3.63) is 73.7 Å². The highest BCUT2D eigenvalue weighted by Crippen LogP contribution is 2.33. The number of hydrogen-bond donors (Lipinski definition) is 2. The lowest BCUT2D eigenvalue weighted by Crippen LogP contribution is -2.49. The first-order valence-corrected chi connectivity index (χ1v) is 10.8. The van der Waals surface area contributed by atoms with E-state index >= 15 is 0 Å². The van der Waals surface area contributed by atoms with Gasteiger partial charge < -0.3 is 20.1 Å². The fourth-order valence-corrected chi connectivity index (χ4v) is 3.85. The number of nitrogens with one attached hydrogen (secondary N) is 2. The highest BCUT2D eigenvalue weighted by atomic mass is 16.5. The minimum absolute atomic E-state index is 0.0413. The zero-order valence-electron chi connectivity index (χ0n) is 18.7. The highest BCUT2D eigenvalue weighted by molar-refractivity contribution is 5.95. The zero-order valence-corrected chi connectivity index (χ0v) is 18.7. The van der Waals surface area contributed by atoms with Gasteiger partial charge in [-0.1, -0.05) is 12.1 Å². The molecular weight excluding hydrogens is 442 g/mol. The number of carbonyl (C=O) groups is 2. The summed E-state index contributed by atoms with van der Waals surface area (Å²) in [4.78, 5) is 51.4. The second-order valence-corrected chi connectivity index (χ2v) is 7.88. The molecule has 11 nitrogen and oxygen atoms in total. The first-order valence-electron chi connectivity index (χ1n) is 10.8. The molecule has 34 heavy (non-hydrogen) atoms. The van der Waals surface area contributed by atoms with Crippen molar-refractivity contribution in [2.45, 2.75) is 38.4 Å². The van der Waals surface area contributed by atoms with E-state index in [9.17, 15) is 24.4 Å². The van der Waals surface area contributed by atoms with Crippen LogP contribution >= 0.6 is 0 Å². The molecule has 176 valence electrons. The number of hydrogen-bond acceptors (Lipinski definition) is 7. The fourth-order valence-electron chi connectivity index (χ4n) is 3.85. The van der Waals surface area contributed by atoms with Crippen molar-refractivity contribution in [3.8, 4) is 11.8 Å². The molecule has 0 radical (unpaired) electrons. The van der Waals surface area contributed by atoms with E-state index in [1.807, 2.05) is 6.07 Å². The molecule has 2 aromatic rings.